The molecular weight excluding hydrogens is 156 g/mol. The number of alkyl halides is 1. The minimum atomic E-state index is -0.510. The van der Waals surface area contributed by atoms with E-state index in [1.807, 2.05) is 0 Å². The van der Waals surface area contributed by atoms with Crippen LogP contribution in [0.4, 0.5) is 0 Å². The van der Waals surface area contributed by atoms with Crippen LogP contribution < -0.4 is 0 Å². The summed E-state index contributed by atoms with van der Waals surface area (Å²) in [6.07, 6.45) is 1.25. The Kier molecular flexibility index (Phi) is 6.69. The number of rotatable bonds is 6. The number of hydrogen-bond donors (Lipinski definition) is 1. The van der Waals surface area contributed by atoms with E-state index < -0.39 is 5.56 Å². The average Bonchev–Trinajstić information content (AvgIpc) is 1.89. The Labute approximate surface area is 65.2 Å². The molecule has 0 fully saturated rings. The van der Waals surface area contributed by atoms with Crippen LogP contribution in [0.5, 0.6) is 0 Å². The van der Waals surface area contributed by atoms with Crippen molar-refractivity contribution in [2.45, 2.75) is 5.56 Å². The lowest BCUT2D eigenvalue weighted by molar-refractivity contribution is 0.0456. The van der Waals surface area contributed by atoms with Gasteiger partial charge in [0.1, 0.15) is 0 Å². The molecule has 0 saturated carbocycles. The Morgan fingerprint density at radius 2 is 2.40 bits per heavy atom. The standard InChI is InChI=1S/C6H11ClO3/c1-2-10-6(7)5-9-4-3-8/h2,6,8H,1,3-5H2. The maximum atomic E-state index is 8.28. The maximum absolute atomic E-state index is 8.28. The van der Waals surface area contributed by atoms with Crippen LogP contribution in [0.15, 0.2) is 12.8 Å². The Morgan fingerprint density at radius 3 is 2.90 bits per heavy atom. The van der Waals surface area contributed by atoms with Gasteiger partial charge >= 0.3 is 0 Å². The second-order valence-electron chi connectivity index (χ2n) is 1.51. The quantitative estimate of drug-likeness (QED) is 0.359. The third-order valence-electron chi connectivity index (χ3n) is 0.728. The van der Waals surface area contributed by atoms with Crippen molar-refractivity contribution in [3.8, 4) is 0 Å². The molecule has 0 aromatic heterocycles. The van der Waals surface area contributed by atoms with Gasteiger partial charge in [-0.3, -0.25) is 0 Å². The summed E-state index contributed by atoms with van der Waals surface area (Å²) < 4.78 is 9.55. The number of halogens is 1. The Bertz CT molecular complexity index is 87.1. The number of aliphatic hydroxyl groups is 1. The van der Waals surface area contributed by atoms with E-state index in [1.54, 1.807) is 0 Å². The van der Waals surface area contributed by atoms with E-state index in [2.05, 4.69) is 6.58 Å². The molecule has 0 heterocycles. The summed E-state index contributed by atoms with van der Waals surface area (Å²) in [5, 5.41) is 8.28. The van der Waals surface area contributed by atoms with E-state index in [1.165, 1.54) is 6.26 Å². The summed E-state index contributed by atoms with van der Waals surface area (Å²) in [7, 11) is 0. The molecule has 1 atom stereocenters. The molecule has 0 aliphatic heterocycles. The number of aliphatic hydroxyl groups excluding tert-OH is 1. The third-order valence-corrected chi connectivity index (χ3v) is 0.957. The van der Waals surface area contributed by atoms with Crippen LogP contribution in [0.3, 0.4) is 0 Å². The van der Waals surface area contributed by atoms with Gasteiger partial charge in [-0.1, -0.05) is 18.2 Å². The lowest BCUT2D eigenvalue weighted by Crippen LogP contribution is -2.12. The van der Waals surface area contributed by atoms with Crippen LogP contribution in [0.2, 0.25) is 0 Å². The average molecular weight is 167 g/mol. The molecule has 0 radical (unpaired) electrons. The zero-order valence-corrected chi connectivity index (χ0v) is 6.38. The topological polar surface area (TPSA) is 38.7 Å². The van der Waals surface area contributed by atoms with Crippen LogP contribution in [0, 0.1) is 0 Å². The van der Waals surface area contributed by atoms with E-state index in [4.69, 9.17) is 26.2 Å². The van der Waals surface area contributed by atoms with E-state index in [9.17, 15) is 0 Å². The van der Waals surface area contributed by atoms with Gasteiger partial charge in [-0.2, -0.15) is 0 Å². The van der Waals surface area contributed by atoms with Gasteiger partial charge < -0.3 is 14.6 Å². The zero-order chi connectivity index (χ0) is 7.82. The van der Waals surface area contributed by atoms with Gasteiger partial charge in [0.05, 0.1) is 26.1 Å². The van der Waals surface area contributed by atoms with Crippen molar-refractivity contribution >= 4 is 11.6 Å². The van der Waals surface area contributed by atoms with E-state index in [-0.39, 0.29) is 19.8 Å². The van der Waals surface area contributed by atoms with Crippen LogP contribution in [0.25, 0.3) is 0 Å². The Morgan fingerprint density at radius 1 is 1.70 bits per heavy atom. The molecule has 1 N–H and O–H groups in total. The monoisotopic (exact) mass is 166 g/mol. The first kappa shape index (κ1) is 9.75. The fourth-order valence-electron chi connectivity index (χ4n) is 0.384. The van der Waals surface area contributed by atoms with Gasteiger partial charge in [0.2, 0.25) is 0 Å². The van der Waals surface area contributed by atoms with Crippen LogP contribution >= 0.6 is 11.6 Å². The molecule has 3 nitrogen and oxygen atoms in total. The third kappa shape index (κ3) is 5.88. The van der Waals surface area contributed by atoms with Gasteiger partial charge in [0.15, 0.2) is 5.56 Å². The molecule has 0 amide bonds. The zero-order valence-electron chi connectivity index (χ0n) is 5.62. The van der Waals surface area contributed by atoms with Crippen molar-refractivity contribution in [2.75, 3.05) is 19.8 Å². The molecule has 10 heavy (non-hydrogen) atoms. The predicted molar refractivity (Wildman–Crippen MR) is 38.8 cm³/mol. The van der Waals surface area contributed by atoms with E-state index in [0.717, 1.165) is 0 Å². The molecule has 0 spiro atoms. The summed E-state index contributed by atoms with van der Waals surface area (Å²) in [5.41, 5.74) is -0.510. The first-order valence-corrected chi connectivity index (χ1v) is 3.34. The fraction of sp³-hybridized carbons (Fsp3) is 0.667. The Hall–Kier alpha value is -0.250. The van der Waals surface area contributed by atoms with Crippen LogP contribution in [-0.4, -0.2) is 30.5 Å². The Balaban J connectivity index is 3.04. The predicted octanol–water partition coefficient (Wildman–Crippen LogP) is 0.720. The molecule has 0 aromatic carbocycles. The van der Waals surface area contributed by atoms with Crippen molar-refractivity contribution < 1.29 is 14.6 Å². The molecule has 4 heteroatoms. The highest BCUT2D eigenvalue weighted by molar-refractivity contribution is 6.19. The molecule has 60 valence electrons. The lowest BCUT2D eigenvalue weighted by Gasteiger charge is -2.07. The molecule has 0 saturated heterocycles. The smallest absolute Gasteiger partial charge is 0.194 e. The summed E-state index contributed by atoms with van der Waals surface area (Å²) in [4.78, 5) is 0. The highest BCUT2D eigenvalue weighted by Gasteiger charge is 2.00. The van der Waals surface area contributed by atoms with Gasteiger partial charge in [-0.05, 0) is 0 Å². The van der Waals surface area contributed by atoms with Gasteiger partial charge in [0.25, 0.3) is 0 Å². The van der Waals surface area contributed by atoms with E-state index in [0.29, 0.717) is 0 Å². The molecule has 0 rings (SSSR count). The minimum absolute atomic E-state index is 0.00228. The van der Waals surface area contributed by atoms with Crippen molar-refractivity contribution in [3.05, 3.63) is 12.8 Å². The van der Waals surface area contributed by atoms with Crippen LogP contribution in [-0.2, 0) is 9.47 Å². The van der Waals surface area contributed by atoms with E-state index >= 15 is 0 Å². The van der Waals surface area contributed by atoms with Crippen molar-refractivity contribution in [1.29, 1.82) is 0 Å². The normalized spacial score (nSPS) is 12.6. The lowest BCUT2D eigenvalue weighted by atomic mass is 10.7. The maximum Gasteiger partial charge on any atom is 0.194 e. The highest BCUT2D eigenvalue weighted by atomic mass is 35.5. The number of hydrogen-bond acceptors (Lipinski definition) is 3. The summed E-state index contributed by atoms with van der Waals surface area (Å²) in [6, 6.07) is 0. The van der Waals surface area contributed by atoms with Crippen molar-refractivity contribution in [1.82, 2.24) is 0 Å². The molecule has 0 aliphatic rings. The van der Waals surface area contributed by atoms with Crippen LogP contribution in [0.1, 0.15) is 0 Å². The largest absolute Gasteiger partial charge is 0.480 e. The second-order valence-corrected chi connectivity index (χ2v) is 2.00. The van der Waals surface area contributed by atoms with Gasteiger partial charge in [-0.15, -0.1) is 0 Å². The van der Waals surface area contributed by atoms with Crippen molar-refractivity contribution in [3.63, 3.8) is 0 Å². The number of ether oxygens (including phenoxy) is 2. The SMILES string of the molecule is C=COC(Cl)COCCO. The van der Waals surface area contributed by atoms with Gasteiger partial charge in [-0.25, -0.2) is 0 Å². The highest BCUT2D eigenvalue weighted by Crippen LogP contribution is 1.98. The second kappa shape index (κ2) is 6.86. The van der Waals surface area contributed by atoms with Gasteiger partial charge in [0, 0.05) is 0 Å². The molecule has 1 unspecified atom stereocenters. The molecule has 0 bridgehead atoms. The summed E-state index contributed by atoms with van der Waals surface area (Å²) >= 11 is 5.52. The minimum Gasteiger partial charge on any atom is -0.480 e. The molecule has 0 aliphatic carbocycles. The molecule has 0 aromatic rings. The van der Waals surface area contributed by atoms with Crippen molar-refractivity contribution in [2.24, 2.45) is 0 Å². The fourth-order valence-corrected chi connectivity index (χ4v) is 0.546. The first-order chi connectivity index (χ1) is 4.81. The summed E-state index contributed by atoms with van der Waals surface area (Å²) in [6.45, 7) is 3.85. The summed E-state index contributed by atoms with van der Waals surface area (Å²) in [5.74, 6) is 0. The first-order valence-electron chi connectivity index (χ1n) is 2.90. The molecular formula is C6H11ClO3.